The number of benzene rings is 1. The lowest BCUT2D eigenvalue weighted by molar-refractivity contribution is -0.384. The molecule has 1 aliphatic carbocycles. The molecule has 0 radical (unpaired) electrons. The summed E-state index contributed by atoms with van der Waals surface area (Å²) in [5.41, 5.74) is 0.995. The normalized spacial score (nSPS) is 23.0. The first-order valence-corrected chi connectivity index (χ1v) is 7.13. The van der Waals surface area contributed by atoms with Crippen molar-refractivity contribution in [2.45, 2.75) is 39.0 Å². The highest BCUT2D eigenvalue weighted by Crippen LogP contribution is 2.30. The monoisotopic (exact) mass is 262 g/mol. The number of hydrogen-bond donors (Lipinski definition) is 1. The number of nitro groups is 1. The minimum absolute atomic E-state index is 0.149. The van der Waals surface area contributed by atoms with Gasteiger partial charge in [0.05, 0.1) is 4.92 Å². The van der Waals surface area contributed by atoms with Crippen LogP contribution in [0.4, 0.5) is 11.4 Å². The summed E-state index contributed by atoms with van der Waals surface area (Å²) in [4.78, 5) is 10.3. The van der Waals surface area contributed by atoms with Gasteiger partial charge in [-0.25, -0.2) is 0 Å². The average molecular weight is 262 g/mol. The molecule has 1 aliphatic rings. The second-order valence-corrected chi connectivity index (χ2v) is 5.66. The molecule has 0 bridgehead atoms. The van der Waals surface area contributed by atoms with E-state index in [1.165, 1.54) is 31.7 Å². The summed E-state index contributed by atoms with van der Waals surface area (Å²) in [6.45, 7) is 3.23. The van der Waals surface area contributed by atoms with Crippen molar-refractivity contribution in [2.75, 3.05) is 11.9 Å². The molecule has 2 unspecified atom stereocenters. The molecule has 0 amide bonds. The topological polar surface area (TPSA) is 55.2 Å². The fraction of sp³-hybridized carbons (Fsp3) is 0.600. The van der Waals surface area contributed by atoms with Crippen LogP contribution in [0.2, 0.25) is 0 Å². The van der Waals surface area contributed by atoms with Crippen molar-refractivity contribution in [1.82, 2.24) is 0 Å². The summed E-state index contributed by atoms with van der Waals surface area (Å²) in [7, 11) is 0. The maximum absolute atomic E-state index is 10.7. The summed E-state index contributed by atoms with van der Waals surface area (Å²) in [5.74, 6) is 1.67. The number of non-ortho nitro benzene ring substituents is 1. The van der Waals surface area contributed by atoms with Gasteiger partial charge in [0.25, 0.3) is 5.69 Å². The number of nitro benzene ring substituents is 1. The molecule has 1 aromatic carbocycles. The van der Waals surface area contributed by atoms with Crippen LogP contribution in [0.1, 0.15) is 39.0 Å². The van der Waals surface area contributed by atoms with Gasteiger partial charge in [-0.05, 0) is 30.7 Å². The van der Waals surface area contributed by atoms with Gasteiger partial charge in [-0.3, -0.25) is 10.1 Å². The standard InChI is InChI=1S/C15H22N2O2/c1-12-4-2-5-13(10-12)8-9-16-14-6-3-7-15(11-14)17(18)19/h3,6-7,11-13,16H,2,4-5,8-10H2,1H3. The summed E-state index contributed by atoms with van der Waals surface area (Å²) >= 11 is 0. The summed E-state index contributed by atoms with van der Waals surface area (Å²) in [5, 5.41) is 14.0. The van der Waals surface area contributed by atoms with Gasteiger partial charge in [0.2, 0.25) is 0 Å². The highest BCUT2D eigenvalue weighted by atomic mass is 16.6. The number of hydrogen-bond acceptors (Lipinski definition) is 3. The molecule has 0 aliphatic heterocycles. The lowest BCUT2D eigenvalue weighted by Gasteiger charge is -2.26. The second kappa shape index (κ2) is 6.55. The van der Waals surface area contributed by atoms with E-state index in [0.29, 0.717) is 0 Å². The molecule has 19 heavy (non-hydrogen) atoms. The average Bonchev–Trinajstić information content (AvgIpc) is 2.39. The third-order valence-corrected chi connectivity index (χ3v) is 3.98. The molecule has 0 spiro atoms. The van der Waals surface area contributed by atoms with Crippen molar-refractivity contribution >= 4 is 11.4 Å². The van der Waals surface area contributed by atoms with E-state index < -0.39 is 0 Å². The van der Waals surface area contributed by atoms with E-state index in [2.05, 4.69) is 12.2 Å². The Morgan fingerprint density at radius 1 is 1.42 bits per heavy atom. The van der Waals surface area contributed by atoms with Crippen LogP contribution >= 0.6 is 0 Å². The lowest BCUT2D eigenvalue weighted by Crippen LogP contribution is -2.16. The van der Waals surface area contributed by atoms with Crippen molar-refractivity contribution in [1.29, 1.82) is 0 Å². The van der Waals surface area contributed by atoms with Crippen molar-refractivity contribution in [2.24, 2.45) is 11.8 Å². The van der Waals surface area contributed by atoms with Crippen LogP contribution in [0.15, 0.2) is 24.3 Å². The molecule has 1 aromatic rings. The number of rotatable bonds is 5. The minimum atomic E-state index is -0.353. The van der Waals surface area contributed by atoms with E-state index in [9.17, 15) is 10.1 Å². The molecule has 2 atom stereocenters. The van der Waals surface area contributed by atoms with Crippen LogP contribution in [0.25, 0.3) is 0 Å². The molecule has 1 fully saturated rings. The molecule has 1 N–H and O–H groups in total. The van der Waals surface area contributed by atoms with Crippen LogP contribution in [-0.4, -0.2) is 11.5 Å². The largest absolute Gasteiger partial charge is 0.385 e. The lowest BCUT2D eigenvalue weighted by atomic mass is 9.81. The van der Waals surface area contributed by atoms with Crippen LogP contribution in [0.3, 0.4) is 0 Å². The maximum Gasteiger partial charge on any atom is 0.271 e. The molecular weight excluding hydrogens is 240 g/mol. The van der Waals surface area contributed by atoms with Gasteiger partial charge in [-0.15, -0.1) is 0 Å². The number of anilines is 1. The van der Waals surface area contributed by atoms with E-state index >= 15 is 0 Å². The fourth-order valence-corrected chi connectivity index (χ4v) is 2.97. The smallest absolute Gasteiger partial charge is 0.271 e. The Balaban J connectivity index is 1.79. The third-order valence-electron chi connectivity index (χ3n) is 3.98. The molecule has 0 heterocycles. The van der Waals surface area contributed by atoms with E-state index in [1.54, 1.807) is 12.1 Å². The summed E-state index contributed by atoms with van der Waals surface area (Å²) in [6, 6.07) is 6.73. The van der Waals surface area contributed by atoms with E-state index in [-0.39, 0.29) is 10.6 Å². The number of nitrogens with zero attached hydrogens (tertiary/aromatic N) is 1. The Morgan fingerprint density at radius 2 is 2.26 bits per heavy atom. The van der Waals surface area contributed by atoms with E-state index in [4.69, 9.17) is 0 Å². The van der Waals surface area contributed by atoms with Crippen molar-refractivity contribution in [3.63, 3.8) is 0 Å². The van der Waals surface area contributed by atoms with Crippen LogP contribution in [0.5, 0.6) is 0 Å². The predicted octanol–water partition coefficient (Wildman–Crippen LogP) is 4.22. The first-order valence-electron chi connectivity index (χ1n) is 7.13. The van der Waals surface area contributed by atoms with Gasteiger partial charge in [0.15, 0.2) is 0 Å². The van der Waals surface area contributed by atoms with Crippen LogP contribution in [0, 0.1) is 22.0 Å². The molecule has 0 aromatic heterocycles. The Hall–Kier alpha value is -1.58. The van der Waals surface area contributed by atoms with Gasteiger partial charge >= 0.3 is 0 Å². The van der Waals surface area contributed by atoms with Crippen LogP contribution in [-0.2, 0) is 0 Å². The van der Waals surface area contributed by atoms with Gasteiger partial charge < -0.3 is 5.32 Å². The summed E-state index contributed by atoms with van der Waals surface area (Å²) in [6.07, 6.45) is 6.54. The first kappa shape index (κ1) is 13.8. The Kier molecular flexibility index (Phi) is 4.77. The predicted molar refractivity (Wildman–Crippen MR) is 77.3 cm³/mol. The molecule has 104 valence electrons. The third kappa shape index (κ3) is 4.23. The van der Waals surface area contributed by atoms with Crippen molar-refractivity contribution in [3.8, 4) is 0 Å². The van der Waals surface area contributed by atoms with Gasteiger partial charge in [-0.1, -0.05) is 32.3 Å². The van der Waals surface area contributed by atoms with Gasteiger partial charge in [-0.2, -0.15) is 0 Å². The van der Waals surface area contributed by atoms with E-state index in [0.717, 1.165) is 30.5 Å². The zero-order valence-electron chi connectivity index (χ0n) is 11.5. The quantitative estimate of drug-likeness (QED) is 0.638. The van der Waals surface area contributed by atoms with Crippen LogP contribution < -0.4 is 5.32 Å². The Morgan fingerprint density at radius 3 is 3.00 bits per heavy atom. The summed E-state index contributed by atoms with van der Waals surface area (Å²) < 4.78 is 0. The fourth-order valence-electron chi connectivity index (χ4n) is 2.97. The molecule has 2 rings (SSSR count). The number of nitrogens with one attached hydrogen (secondary N) is 1. The Labute approximate surface area is 114 Å². The molecule has 0 saturated heterocycles. The molecule has 4 nitrogen and oxygen atoms in total. The maximum atomic E-state index is 10.7. The highest BCUT2D eigenvalue weighted by molar-refractivity contribution is 5.50. The molecule has 1 saturated carbocycles. The zero-order chi connectivity index (χ0) is 13.7. The van der Waals surface area contributed by atoms with Crippen molar-refractivity contribution < 1.29 is 4.92 Å². The first-order chi connectivity index (χ1) is 9.15. The minimum Gasteiger partial charge on any atom is -0.385 e. The van der Waals surface area contributed by atoms with Gasteiger partial charge in [0.1, 0.15) is 0 Å². The van der Waals surface area contributed by atoms with Crippen molar-refractivity contribution in [3.05, 3.63) is 34.4 Å². The zero-order valence-corrected chi connectivity index (χ0v) is 11.5. The highest BCUT2D eigenvalue weighted by Gasteiger charge is 2.18. The van der Waals surface area contributed by atoms with E-state index in [1.807, 2.05) is 6.07 Å². The second-order valence-electron chi connectivity index (χ2n) is 5.66. The van der Waals surface area contributed by atoms with Gasteiger partial charge in [0, 0.05) is 24.4 Å². The molecule has 4 heteroatoms. The molecular formula is C15H22N2O2. The SMILES string of the molecule is CC1CCCC(CCNc2cccc([N+](=O)[O-])c2)C1. The Bertz CT molecular complexity index is 434.